The Bertz CT molecular complexity index is 510. The molecule has 140 valence electrons. The van der Waals surface area contributed by atoms with Crippen LogP contribution in [-0.2, 0) is 15.9 Å². The molecule has 1 atom stereocenters. The lowest BCUT2D eigenvalue weighted by molar-refractivity contribution is -0.0320. The molecule has 5 nitrogen and oxygen atoms in total. The summed E-state index contributed by atoms with van der Waals surface area (Å²) < 4.78 is 11.2. The van der Waals surface area contributed by atoms with E-state index in [1.165, 1.54) is 11.1 Å². The lowest BCUT2D eigenvalue weighted by Crippen LogP contribution is -2.39. The Morgan fingerprint density at radius 3 is 2.64 bits per heavy atom. The van der Waals surface area contributed by atoms with Crippen LogP contribution < -0.4 is 10.6 Å². The first-order chi connectivity index (χ1) is 12.2. The first-order valence-electron chi connectivity index (χ1n) is 9.48. The molecule has 0 aliphatic carbocycles. The van der Waals surface area contributed by atoms with E-state index in [0.717, 1.165) is 58.0 Å². The molecule has 1 saturated heterocycles. The number of nitrogens with one attached hydrogen (secondary N) is 2. The topological polar surface area (TPSA) is 54.9 Å². The molecule has 2 N–H and O–H groups in total. The van der Waals surface area contributed by atoms with Crippen LogP contribution >= 0.6 is 0 Å². The highest BCUT2D eigenvalue weighted by Gasteiger charge is 2.13. The molecular weight excluding hydrogens is 314 g/mol. The number of ether oxygens (including phenoxy) is 2. The van der Waals surface area contributed by atoms with Crippen molar-refractivity contribution in [3.63, 3.8) is 0 Å². The third-order valence-corrected chi connectivity index (χ3v) is 4.60. The summed E-state index contributed by atoms with van der Waals surface area (Å²) in [6.07, 6.45) is 4.45. The number of aryl methyl sites for hydroxylation is 1. The van der Waals surface area contributed by atoms with E-state index in [2.05, 4.69) is 53.7 Å². The van der Waals surface area contributed by atoms with E-state index in [4.69, 9.17) is 9.47 Å². The number of hydrogen-bond donors (Lipinski definition) is 2. The number of rotatable bonds is 8. The van der Waals surface area contributed by atoms with Gasteiger partial charge >= 0.3 is 0 Å². The second-order valence-electron chi connectivity index (χ2n) is 6.50. The van der Waals surface area contributed by atoms with Gasteiger partial charge in [-0.2, -0.15) is 0 Å². The van der Waals surface area contributed by atoms with Crippen molar-refractivity contribution in [1.82, 2.24) is 10.6 Å². The highest BCUT2D eigenvalue weighted by Crippen LogP contribution is 2.13. The Kier molecular flexibility index (Phi) is 8.77. The van der Waals surface area contributed by atoms with Gasteiger partial charge in [-0.3, -0.25) is 4.99 Å². The van der Waals surface area contributed by atoms with Crippen molar-refractivity contribution in [2.45, 2.75) is 51.7 Å². The minimum Gasteiger partial charge on any atom is -0.381 e. The summed E-state index contributed by atoms with van der Waals surface area (Å²) in [5, 5.41) is 6.81. The van der Waals surface area contributed by atoms with Gasteiger partial charge in [-0.25, -0.2) is 0 Å². The van der Waals surface area contributed by atoms with E-state index in [0.29, 0.717) is 6.10 Å². The van der Waals surface area contributed by atoms with Gasteiger partial charge in [0.2, 0.25) is 0 Å². The molecule has 1 unspecified atom stereocenters. The number of guanidine groups is 1. The van der Waals surface area contributed by atoms with Crippen molar-refractivity contribution in [2.75, 3.05) is 33.4 Å². The van der Waals surface area contributed by atoms with Crippen LogP contribution in [-0.4, -0.2) is 45.5 Å². The van der Waals surface area contributed by atoms with E-state index in [1.807, 2.05) is 0 Å². The highest BCUT2D eigenvalue weighted by atomic mass is 16.5. The summed E-state index contributed by atoms with van der Waals surface area (Å²) in [5.41, 5.74) is 2.63. The highest BCUT2D eigenvalue weighted by molar-refractivity contribution is 5.80. The number of hydrogen-bond acceptors (Lipinski definition) is 3. The fraction of sp³-hybridized carbons (Fsp3) is 0.650. The molecule has 1 fully saturated rings. The molecule has 1 aromatic carbocycles. The van der Waals surface area contributed by atoms with E-state index >= 15 is 0 Å². The zero-order valence-electron chi connectivity index (χ0n) is 15.9. The molecule has 1 aliphatic rings. The summed E-state index contributed by atoms with van der Waals surface area (Å²) in [4.78, 5) is 4.31. The average molecular weight is 348 g/mol. The quantitative estimate of drug-likeness (QED) is 0.431. The SMILES string of the molecule is CCc1ccc(C(C)NC(=NC)NCCCOC2CCOCC2)cc1. The van der Waals surface area contributed by atoms with Gasteiger partial charge in [-0.1, -0.05) is 31.2 Å². The Hall–Kier alpha value is -1.59. The van der Waals surface area contributed by atoms with Crippen LogP contribution in [0.2, 0.25) is 0 Å². The van der Waals surface area contributed by atoms with E-state index < -0.39 is 0 Å². The summed E-state index contributed by atoms with van der Waals surface area (Å²) >= 11 is 0. The van der Waals surface area contributed by atoms with E-state index in [1.54, 1.807) is 7.05 Å². The lowest BCUT2D eigenvalue weighted by atomic mass is 10.1. The maximum Gasteiger partial charge on any atom is 0.191 e. The Morgan fingerprint density at radius 2 is 2.00 bits per heavy atom. The molecule has 0 aromatic heterocycles. The summed E-state index contributed by atoms with van der Waals surface area (Å²) in [5.74, 6) is 0.832. The minimum absolute atomic E-state index is 0.218. The molecule has 0 spiro atoms. The monoisotopic (exact) mass is 347 g/mol. The number of aliphatic imine (C=N–C) groups is 1. The number of benzene rings is 1. The Balaban J connectivity index is 1.65. The van der Waals surface area contributed by atoms with Gasteiger partial charge in [0.25, 0.3) is 0 Å². The first kappa shape index (κ1) is 19.7. The molecule has 0 saturated carbocycles. The van der Waals surface area contributed by atoms with Crippen LogP contribution in [0.3, 0.4) is 0 Å². The first-order valence-corrected chi connectivity index (χ1v) is 9.48. The van der Waals surface area contributed by atoms with Crippen molar-refractivity contribution < 1.29 is 9.47 Å². The van der Waals surface area contributed by atoms with Crippen molar-refractivity contribution in [3.05, 3.63) is 35.4 Å². The summed E-state index contributed by atoms with van der Waals surface area (Å²) in [6.45, 7) is 7.62. The van der Waals surface area contributed by atoms with Gasteiger partial charge in [0.05, 0.1) is 12.1 Å². The molecule has 2 rings (SSSR count). The van der Waals surface area contributed by atoms with Crippen molar-refractivity contribution in [1.29, 1.82) is 0 Å². The predicted octanol–water partition coefficient (Wildman–Crippen LogP) is 3.06. The average Bonchev–Trinajstić information content (AvgIpc) is 2.67. The standard InChI is InChI=1S/C20H33N3O2/c1-4-17-6-8-18(9-7-17)16(2)23-20(21-3)22-12-5-13-25-19-10-14-24-15-11-19/h6-9,16,19H,4-5,10-15H2,1-3H3,(H2,21,22,23). The van der Waals surface area contributed by atoms with Crippen molar-refractivity contribution in [3.8, 4) is 0 Å². The second kappa shape index (κ2) is 11.1. The van der Waals surface area contributed by atoms with E-state index in [9.17, 15) is 0 Å². The second-order valence-corrected chi connectivity index (χ2v) is 6.50. The summed E-state index contributed by atoms with van der Waals surface area (Å²) in [6, 6.07) is 8.97. The van der Waals surface area contributed by atoms with Crippen LogP contribution in [0, 0.1) is 0 Å². The van der Waals surface area contributed by atoms with Crippen molar-refractivity contribution >= 4 is 5.96 Å². The lowest BCUT2D eigenvalue weighted by Gasteiger charge is -2.22. The molecule has 1 heterocycles. The maximum atomic E-state index is 5.89. The largest absolute Gasteiger partial charge is 0.381 e. The third kappa shape index (κ3) is 7.04. The van der Waals surface area contributed by atoms with Gasteiger partial charge < -0.3 is 20.1 Å². The van der Waals surface area contributed by atoms with Gasteiger partial charge in [-0.05, 0) is 43.7 Å². The van der Waals surface area contributed by atoms with Gasteiger partial charge in [0, 0.05) is 33.4 Å². The zero-order valence-corrected chi connectivity index (χ0v) is 15.9. The Morgan fingerprint density at radius 1 is 1.28 bits per heavy atom. The molecule has 0 radical (unpaired) electrons. The summed E-state index contributed by atoms with van der Waals surface area (Å²) in [7, 11) is 1.81. The smallest absolute Gasteiger partial charge is 0.191 e. The van der Waals surface area contributed by atoms with Gasteiger partial charge in [0.1, 0.15) is 0 Å². The van der Waals surface area contributed by atoms with Gasteiger partial charge in [0.15, 0.2) is 5.96 Å². The van der Waals surface area contributed by atoms with Crippen LogP contribution in [0.15, 0.2) is 29.3 Å². The minimum atomic E-state index is 0.218. The van der Waals surface area contributed by atoms with Crippen molar-refractivity contribution in [2.24, 2.45) is 4.99 Å². The zero-order chi connectivity index (χ0) is 17.9. The number of nitrogens with zero attached hydrogens (tertiary/aromatic N) is 1. The van der Waals surface area contributed by atoms with Crippen LogP contribution in [0.5, 0.6) is 0 Å². The molecule has 0 amide bonds. The third-order valence-electron chi connectivity index (χ3n) is 4.60. The van der Waals surface area contributed by atoms with Crippen LogP contribution in [0.4, 0.5) is 0 Å². The van der Waals surface area contributed by atoms with Crippen LogP contribution in [0.25, 0.3) is 0 Å². The molecule has 5 heteroatoms. The fourth-order valence-electron chi connectivity index (χ4n) is 2.90. The molecule has 1 aromatic rings. The predicted molar refractivity (Wildman–Crippen MR) is 103 cm³/mol. The Labute approximate surface area is 152 Å². The normalized spacial score (nSPS) is 17.3. The fourth-order valence-corrected chi connectivity index (χ4v) is 2.90. The van der Waals surface area contributed by atoms with E-state index in [-0.39, 0.29) is 6.04 Å². The van der Waals surface area contributed by atoms with Crippen LogP contribution in [0.1, 0.15) is 50.3 Å². The van der Waals surface area contributed by atoms with Gasteiger partial charge in [-0.15, -0.1) is 0 Å². The molecule has 0 bridgehead atoms. The maximum absolute atomic E-state index is 5.89. The molecular formula is C20H33N3O2. The molecule has 25 heavy (non-hydrogen) atoms. The molecule has 1 aliphatic heterocycles.